The van der Waals surface area contributed by atoms with Crippen molar-refractivity contribution in [1.82, 2.24) is 9.88 Å². The average molecular weight is 330 g/mol. The van der Waals surface area contributed by atoms with Crippen molar-refractivity contribution in [2.75, 3.05) is 12.3 Å². The smallest absolute Gasteiger partial charge is 0.300 e. The second-order valence-corrected chi connectivity index (χ2v) is 6.01. The van der Waals surface area contributed by atoms with Crippen molar-refractivity contribution >= 4 is 36.0 Å². The van der Waals surface area contributed by atoms with E-state index in [1.165, 1.54) is 0 Å². The number of likely N-dealkylation sites (tertiary alicyclic amines) is 1. The number of aromatic nitrogens is 1. The third-order valence-electron chi connectivity index (χ3n) is 4.39. The summed E-state index contributed by atoms with van der Waals surface area (Å²) in [5.41, 5.74) is 8.71. The van der Waals surface area contributed by atoms with Crippen molar-refractivity contribution < 1.29 is 4.79 Å². The lowest BCUT2D eigenvalue weighted by molar-refractivity contribution is -0.135. The molecule has 1 aliphatic rings. The molecule has 1 aromatic carbocycles. The first-order valence-corrected chi connectivity index (χ1v) is 7.62. The number of amides is 1. The summed E-state index contributed by atoms with van der Waals surface area (Å²) in [6.07, 6.45) is 4.06. The summed E-state index contributed by atoms with van der Waals surface area (Å²) < 4.78 is 0. The number of rotatable bonds is 3. The van der Waals surface area contributed by atoms with Gasteiger partial charge in [0.05, 0.1) is 0 Å². The Hall–Kier alpha value is -2.13. The number of anilines is 1. The van der Waals surface area contributed by atoms with Gasteiger partial charge in [0.2, 0.25) is 5.91 Å². The highest BCUT2D eigenvalue weighted by Crippen LogP contribution is 2.26. The van der Waals surface area contributed by atoms with Gasteiger partial charge in [0.1, 0.15) is 0 Å². The van der Waals surface area contributed by atoms with E-state index < -0.39 is 0 Å². The highest BCUT2D eigenvalue weighted by molar-refractivity contribution is 7.59. The molecule has 0 spiro atoms. The Labute approximate surface area is 143 Å². The first-order valence-electron chi connectivity index (χ1n) is 7.62. The second-order valence-electron chi connectivity index (χ2n) is 6.01. The number of nitrogens with zero attached hydrogens (tertiary/aromatic N) is 2. The topological polar surface area (TPSA) is 66.5 Å². The van der Waals surface area contributed by atoms with Gasteiger partial charge in [-0.05, 0) is 36.6 Å². The maximum Gasteiger partial charge on any atom is 0.300 e. The minimum Gasteiger partial charge on any atom is -0.399 e. The average Bonchev–Trinajstić information content (AvgIpc) is 3.13. The van der Waals surface area contributed by atoms with Crippen LogP contribution >= 0.6 is 13.5 Å². The molecule has 6 heteroatoms. The SMILES string of the molecule is S.[C-]#[N+][C@@H]1CCCN1C(=O)C(C)Cc1c[nH]c2ccc(N)cc12. The number of nitrogen functional groups attached to an aromatic ring is 1. The lowest BCUT2D eigenvalue weighted by Crippen LogP contribution is -2.38. The number of H-pyrrole nitrogens is 1. The standard InChI is InChI=1S/C17H20N4O.H2S/c1-11(17(22)21-7-3-4-16(21)19-2)8-12-10-20-15-6-5-13(18)9-14(12)15;/h5-6,9-11,16,20H,3-4,7-8,18H2,1H3;1H2/t11?,16-;/m0./s1. The molecule has 3 N–H and O–H groups in total. The van der Waals surface area contributed by atoms with Gasteiger partial charge in [0.25, 0.3) is 0 Å². The number of hydrogen-bond donors (Lipinski definition) is 2. The molecule has 1 aliphatic heterocycles. The van der Waals surface area contributed by atoms with Gasteiger partial charge in [-0.25, -0.2) is 6.57 Å². The van der Waals surface area contributed by atoms with Crippen molar-refractivity contribution in [2.24, 2.45) is 5.92 Å². The van der Waals surface area contributed by atoms with E-state index in [0.29, 0.717) is 13.0 Å². The lowest BCUT2D eigenvalue weighted by Gasteiger charge is -2.20. The van der Waals surface area contributed by atoms with Crippen LogP contribution in [0.25, 0.3) is 15.7 Å². The lowest BCUT2D eigenvalue weighted by atomic mass is 9.99. The minimum atomic E-state index is -0.270. The first-order chi connectivity index (χ1) is 10.6. The summed E-state index contributed by atoms with van der Waals surface area (Å²) in [7, 11) is 0. The molecule has 1 fully saturated rings. The predicted octanol–water partition coefficient (Wildman–Crippen LogP) is 2.91. The number of carbonyl (C=O) groups excluding carboxylic acids is 1. The summed E-state index contributed by atoms with van der Waals surface area (Å²) in [6, 6.07) is 5.76. The Bertz CT molecular complexity index is 749. The molecular formula is C17H22N4OS. The highest BCUT2D eigenvalue weighted by Gasteiger charge is 2.35. The van der Waals surface area contributed by atoms with E-state index >= 15 is 0 Å². The number of carbonyl (C=O) groups is 1. The molecule has 1 amide bonds. The molecule has 0 saturated carbocycles. The van der Waals surface area contributed by atoms with Gasteiger partial charge in [-0.2, -0.15) is 13.5 Å². The second kappa shape index (κ2) is 6.97. The fourth-order valence-corrected chi connectivity index (χ4v) is 3.21. The van der Waals surface area contributed by atoms with E-state index in [1.807, 2.05) is 31.3 Å². The molecule has 0 aliphatic carbocycles. The summed E-state index contributed by atoms with van der Waals surface area (Å²) in [4.78, 5) is 21.1. The van der Waals surface area contributed by atoms with Crippen LogP contribution in [0.1, 0.15) is 25.3 Å². The fraction of sp³-hybridized carbons (Fsp3) is 0.412. The first kappa shape index (κ1) is 17.2. The number of aromatic amines is 1. The van der Waals surface area contributed by atoms with Gasteiger partial charge >= 0.3 is 6.17 Å². The fourth-order valence-electron chi connectivity index (χ4n) is 3.21. The molecular weight excluding hydrogens is 308 g/mol. The van der Waals surface area contributed by atoms with Crippen LogP contribution in [-0.4, -0.2) is 28.5 Å². The summed E-state index contributed by atoms with van der Waals surface area (Å²) >= 11 is 0. The van der Waals surface area contributed by atoms with Crippen LogP contribution < -0.4 is 5.73 Å². The molecule has 5 nitrogen and oxygen atoms in total. The predicted molar refractivity (Wildman–Crippen MR) is 97.3 cm³/mol. The third-order valence-corrected chi connectivity index (χ3v) is 4.39. The molecule has 2 aromatic rings. The highest BCUT2D eigenvalue weighted by atomic mass is 32.1. The Balaban J connectivity index is 0.00000192. The molecule has 0 bridgehead atoms. The van der Waals surface area contributed by atoms with Crippen molar-refractivity contribution in [3.8, 4) is 0 Å². The zero-order valence-corrected chi connectivity index (χ0v) is 14.2. The normalized spacial score (nSPS) is 18.4. The molecule has 2 heterocycles. The zero-order valence-electron chi connectivity index (χ0n) is 13.2. The minimum absolute atomic E-state index is 0. The summed E-state index contributed by atoms with van der Waals surface area (Å²) in [5, 5.41) is 1.07. The van der Waals surface area contributed by atoms with Crippen LogP contribution in [0.15, 0.2) is 24.4 Å². The molecule has 1 aromatic heterocycles. The third kappa shape index (κ3) is 3.30. The van der Waals surface area contributed by atoms with E-state index in [2.05, 4.69) is 9.83 Å². The molecule has 3 rings (SSSR count). The van der Waals surface area contributed by atoms with E-state index in [4.69, 9.17) is 12.3 Å². The molecule has 1 unspecified atom stereocenters. The van der Waals surface area contributed by atoms with Gasteiger partial charge in [-0.1, -0.05) is 6.92 Å². The quantitative estimate of drug-likeness (QED) is 0.671. The van der Waals surface area contributed by atoms with Gasteiger partial charge in [-0.15, -0.1) is 0 Å². The maximum atomic E-state index is 12.6. The Kier molecular flexibility index (Phi) is 5.22. The molecule has 23 heavy (non-hydrogen) atoms. The summed E-state index contributed by atoms with van der Waals surface area (Å²) in [6.45, 7) is 9.85. The molecule has 1 saturated heterocycles. The number of nitrogens with two attached hydrogens (primary N) is 1. The van der Waals surface area contributed by atoms with E-state index in [1.54, 1.807) is 4.90 Å². The van der Waals surface area contributed by atoms with Crippen molar-refractivity contribution in [2.45, 2.75) is 32.4 Å². The number of nitrogens with one attached hydrogen (secondary N) is 1. The van der Waals surface area contributed by atoms with Crippen LogP contribution in [0.2, 0.25) is 0 Å². The van der Waals surface area contributed by atoms with Gasteiger partial charge in [0, 0.05) is 41.7 Å². The maximum absolute atomic E-state index is 12.6. The van der Waals surface area contributed by atoms with Crippen LogP contribution in [0.4, 0.5) is 5.69 Å². The zero-order chi connectivity index (χ0) is 15.7. The number of fused-ring (bicyclic) bond motifs is 1. The van der Waals surface area contributed by atoms with Crippen LogP contribution in [0, 0.1) is 12.5 Å². The van der Waals surface area contributed by atoms with Crippen molar-refractivity contribution in [3.63, 3.8) is 0 Å². The molecule has 0 radical (unpaired) electrons. The Morgan fingerprint density at radius 2 is 2.35 bits per heavy atom. The van der Waals surface area contributed by atoms with Crippen LogP contribution in [-0.2, 0) is 11.2 Å². The van der Waals surface area contributed by atoms with E-state index in [0.717, 1.165) is 35.0 Å². The van der Waals surface area contributed by atoms with Crippen LogP contribution in [0.3, 0.4) is 0 Å². The summed E-state index contributed by atoms with van der Waals surface area (Å²) in [5.74, 6) is -0.0560. The molecule has 2 atom stereocenters. The largest absolute Gasteiger partial charge is 0.399 e. The number of benzene rings is 1. The molecule has 122 valence electrons. The van der Waals surface area contributed by atoms with Crippen LogP contribution in [0.5, 0.6) is 0 Å². The van der Waals surface area contributed by atoms with E-state index in [-0.39, 0.29) is 31.5 Å². The van der Waals surface area contributed by atoms with E-state index in [9.17, 15) is 4.79 Å². The Morgan fingerprint density at radius 3 is 3.09 bits per heavy atom. The van der Waals surface area contributed by atoms with Crippen molar-refractivity contribution in [3.05, 3.63) is 41.4 Å². The van der Waals surface area contributed by atoms with Gasteiger partial charge in [0.15, 0.2) is 0 Å². The van der Waals surface area contributed by atoms with Gasteiger partial charge < -0.3 is 10.7 Å². The van der Waals surface area contributed by atoms with Crippen molar-refractivity contribution in [1.29, 1.82) is 0 Å². The number of hydrogen-bond acceptors (Lipinski definition) is 2. The monoisotopic (exact) mass is 330 g/mol. The Morgan fingerprint density at radius 1 is 1.57 bits per heavy atom. The van der Waals surface area contributed by atoms with Gasteiger partial charge in [-0.3, -0.25) is 14.5 Å².